The van der Waals surface area contributed by atoms with E-state index in [-0.39, 0.29) is 11.6 Å². The van der Waals surface area contributed by atoms with Gasteiger partial charge in [-0.1, -0.05) is 36.2 Å². The van der Waals surface area contributed by atoms with E-state index in [1.54, 1.807) is 0 Å². The number of ether oxygens (including phenoxy) is 2. The van der Waals surface area contributed by atoms with Crippen LogP contribution in [0.15, 0.2) is 12.1 Å². The topological polar surface area (TPSA) is 47.6 Å². The van der Waals surface area contributed by atoms with E-state index in [0.717, 1.165) is 37.1 Å². The molecule has 0 aromatic heterocycles. The van der Waals surface area contributed by atoms with E-state index in [9.17, 15) is 4.79 Å². The van der Waals surface area contributed by atoms with Gasteiger partial charge in [0.15, 0.2) is 0 Å². The molecule has 24 heavy (non-hydrogen) atoms. The molecule has 0 radical (unpaired) electrons. The Morgan fingerprint density at radius 2 is 2.29 bits per heavy atom. The number of nitrogens with one attached hydrogen (secondary N) is 1. The summed E-state index contributed by atoms with van der Waals surface area (Å²) >= 11 is 12.7. The second kappa shape index (κ2) is 7.61. The molecule has 132 valence electrons. The van der Waals surface area contributed by atoms with E-state index in [2.05, 4.69) is 11.4 Å². The summed E-state index contributed by atoms with van der Waals surface area (Å²) in [6, 6.07) is 4.43. The summed E-state index contributed by atoms with van der Waals surface area (Å²) in [7, 11) is 0. The number of halogens is 2. The van der Waals surface area contributed by atoms with Crippen LogP contribution in [-0.4, -0.2) is 31.8 Å². The lowest BCUT2D eigenvalue weighted by Crippen LogP contribution is -2.37. The fourth-order valence-corrected chi connectivity index (χ4v) is 3.89. The molecule has 3 rings (SSSR count). The van der Waals surface area contributed by atoms with E-state index in [4.69, 9.17) is 32.7 Å². The molecule has 1 aromatic carbocycles. The van der Waals surface area contributed by atoms with Gasteiger partial charge in [-0.2, -0.15) is 0 Å². The number of fused-ring (bicyclic) bond motifs is 2. The Morgan fingerprint density at radius 1 is 1.46 bits per heavy atom. The molecular weight excluding hydrogens is 349 g/mol. The van der Waals surface area contributed by atoms with Gasteiger partial charge >= 0.3 is 5.97 Å². The fourth-order valence-electron chi connectivity index (χ4n) is 3.44. The molecule has 2 saturated heterocycles. The molecular formula is C18H23Cl2NO3. The van der Waals surface area contributed by atoms with Crippen LogP contribution in [0.1, 0.15) is 43.7 Å². The smallest absolute Gasteiger partial charge is 0.305 e. The molecule has 1 N–H and O–H groups in total. The van der Waals surface area contributed by atoms with E-state index in [1.807, 2.05) is 13.0 Å². The van der Waals surface area contributed by atoms with Crippen molar-refractivity contribution >= 4 is 29.2 Å². The lowest BCUT2D eigenvalue weighted by atomic mass is 9.90. The standard InChI is InChI=1S/C18H23Cl2NO3/c1-2-6-23-16(22)5-3-4-12-7-13(8-15(19)17(12)20)18-9-14(10-24-18)21-11-18/h7-8,14,21H,2-6,9-11H2,1H3. The van der Waals surface area contributed by atoms with Gasteiger partial charge in [0.25, 0.3) is 0 Å². The zero-order valence-electron chi connectivity index (χ0n) is 13.9. The molecule has 2 aliphatic rings. The molecule has 0 amide bonds. The summed E-state index contributed by atoms with van der Waals surface area (Å²) in [5, 5.41) is 4.58. The Balaban J connectivity index is 1.68. The van der Waals surface area contributed by atoms with Gasteiger partial charge in [0, 0.05) is 19.0 Å². The minimum absolute atomic E-state index is 0.157. The van der Waals surface area contributed by atoms with Gasteiger partial charge in [-0.05, 0) is 42.9 Å². The quantitative estimate of drug-likeness (QED) is 0.739. The number of benzene rings is 1. The highest BCUT2D eigenvalue weighted by Gasteiger charge is 2.47. The van der Waals surface area contributed by atoms with Crippen molar-refractivity contribution in [2.75, 3.05) is 19.8 Å². The molecule has 4 nitrogen and oxygen atoms in total. The maximum Gasteiger partial charge on any atom is 0.305 e. The first-order valence-electron chi connectivity index (χ1n) is 8.55. The lowest BCUT2D eigenvalue weighted by molar-refractivity contribution is -0.143. The summed E-state index contributed by atoms with van der Waals surface area (Å²) < 4.78 is 11.1. The number of hydrogen-bond donors (Lipinski definition) is 1. The highest BCUT2D eigenvalue weighted by Crippen LogP contribution is 2.43. The molecule has 2 bridgehead atoms. The van der Waals surface area contributed by atoms with Crippen LogP contribution in [0, 0.1) is 0 Å². The highest BCUT2D eigenvalue weighted by molar-refractivity contribution is 6.42. The number of carbonyl (C=O) groups is 1. The van der Waals surface area contributed by atoms with Crippen LogP contribution in [0.3, 0.4) is 0 Å². The maximum absolute atomic E-state index is 11.6. The van der Waals surface area contributed by atoms with Crippen LogP contribution in [0.2, 0.25) is 10.0 Å². The van der Waals surface area contributed by atoms with Crippen LogP contribution < -0.4 is 5.32 Å². The van der Waals surface area contributed by atoms with Gasteiger partial charge in [-0.15, -0.1) is 0 Å². The number of carbonyl (C=O) groups excluding carboxylic acids is 1. The van der Waals surface area contributed by atoms with E-state index < -0.39 is 0 Å². The SMILES string of the molecule is CCCOC(=O)CCCc1cc(C23CNC(CO2)C3)cc(Cl)c1Cl. The highest BCUT2D eigenvalue weighted by atomic mass is 35.5. The predicted octanol–water partition coefficient (Wildman–Crippen LogP) is 3.86. The van der Waals surface area contributed by atoms with Crippen molar-refractivity contribution in [1.29, 1.82) is 0 Å². The molecule has 2 aliphatic heterocycles. The summed E-state index contributed by atoms with van der Waals surface area (Å²) in [5.74, 6) is -0.157. The molecule has 1 aromatic rings. The third-order valence-electron chi connectivity index (χ3n) is 4.74. The number of morpholine rings is 1. The first-order chi connectivity index (χ1) is 11.5. The van der Waals surface area contributed by atoms with Crippen LogP contribution in [-0.2, 0) is 26.3 Å². The van der Waals surface area contributed by atoms with E-state index in [0.29, 0.717) is 42.0 Å². The summed E-state index contributed by atoms with van der Waals surface area (Å²) in [4.78, 5) is 11.6. The maximum atomic E-state index is 11.6. The van der Waals surface area contributed by atoms with Crippen molar-refractivity contribution in [2.24, 2.45) is 0 Å². The number of esters is 1. The first kappa shape index (κ1) is 18.0. The van der Waals surface area contributed by atoms with Crippen LogP contribution in [0.5, 0.6) is 0 Å². The summed E-state index contributed by atoms with van der Waals surface area (Å²) in [6.07, 6.45) is 3.58. The third kappa shape index (κ3) is 3.72. The monoisotopic (exact) mass is 371 g/mol. The van der Waals surface area contributed by atoms with Gasteiger partial charge in [-0.3, -0.25) is 4.79 Å². The van der Waals surface area contributed by atoms with E-state index in [1.165, 1.54) is 0 Å². The average molecular weight is 372 g/mol. The van der Waals surface area contributed by atoms with Crippen LogP contribution in [0.4, 0.5) is 0 Å². The number of hydrogen-bond acceptors (Lipinski definition) is 4. The second-order valence-electron chi connectivity index (χ2n) is 6.59. The molecule has 0 spiro atoms. The second-order valence-corrected chi connectivity index (χ2v) is 7.38. The Hall–Kier alpha value is -0.810. The number of aryl methyl sites for hydroxylation is 1. The fraction of sp³-hybridized carbons (Fsp3) is 0.611. The van der Waals surface area contributed by atoms with Crippen molar-refractivity contribution in [3.8, 4) is 0 Å². The Labute approximate surface area is 152 Å². The molecule has 0 saturated carbocycles. The van der Waals surface area contributed by atoms with Crippen molar-refractivity contribution in [1.82, 2.24) is 5.32 Å². The first-order valence-corrected chi connectivity index (χ1v) is 9.31. The van der Waals surface area contributed by atoms with Crippen molar-refractivity contribution in [2.45, 2.75) is 50.7 Å². The molecule has 6 heteroatoms. The van der Waals surface area contributed by atoms with Crippen LogP contribution in [0.25, 0.3) is 0 Å². The number of rotatable bonds is 7. The lowest BCUT2D eigenvalue weighted by Gasteiger charge is -2.28. The van der Waals surface area contributed by atoms with Gasteiger partial charge in [-0.25, -0.2) is 0 Å². The van der Waals surface area contributed by atoms with Gasteiger partial charge < -0.3 is 14.8 Å². The molecule has 2 unspecified atom stereocenters. The van der Waals surface area contributed by atoms with Crippen LogP contribution >= 0.6 is 23.2 Å². The van der Waals surface area contributed by atoms with E-state index >= 15 is 0 Å². The van der Waals surface area contributed by atoms with Crippen molar-refractivity contribution in [3.05, 3.63) is 33.3 Å². The summed E-state index contributed by atoms with van der Waals surface area (Å²) in [6.45, 7) is 4.00. The van der Waals surface area contributed by atoms with Crippen molar-refractivity contribution in [3.63, 3.8) is 0 Å². The average Bonchev–Trinajstić information content (AvgIpc) is 3.18. The molecule has 2 atom stereocenters. The molecule has 0 aliphatic carbocycles. The Morgan fingerprint density at radius 3 is 2.92 bits per heavy atom. The summed E-state index contributed by atoms with van der Waals surface area (Å²) in [5.41, 5.74) is 1.76. The molecule has 2 heterocycles. The minimum Gasteiger partial charge on any atom is -0.466 e. The largest absolute Gasteiger partial charge is 0.466 e. The normalized spacial score (nSPS) is 25.2. The van der Waals surface area contributed by atoms with Gasteiger partial charge in [0.2, 0.25) is 0 Å². The Bertz CT molecular complexity index is 613. The molecule has 2 fully saturated rings. The minimum atomic E-state index is -0.284. The Kier molecular flexibility index (Phi) is 5.70. The zero-order chi connectivity index (χ0) is 17.2. The zero-order valence-corrected chi connectivity index (χ0v) is 15.4. The van der Waals surface area contributed by atoms with Crippen molar-refractivity contribution < 1.29 is 14.3 Å². The van der Waals surface area contributed by atoms with Gasteiger partial charge in [0.1, 0.15) is 5.60 Å². The predicted molar refractivity (Wildman–Crippen MR) is 94.7 cm³/mol. The third-order valence-corrected chi connectivity index (χ3v) is 5.58. The van der Waals surface area contributed by atoms with Gasteiger partial charge in [0.05, 0.1) is 23.3 Å².